The summed E-state index contributed by atoms with van der Waals surface area (Å²) in [5.41, 5.74) is 6.35. The van der Waals surface area contributed by atoms with Crippen LogP contribution in [0.3, 0.4) is 0 Å². The average molecular weight is 226 g/mol. The molecular formula is C12H19FN2O. The summed E-state index contributed by atoms with van der Waals surface area (Å²) in [5, 5.41) is 3.04. The van der Waals surface area contributed by atoms with Crippen molar-refractivity contribution in [3.63, 3.8) is 0 Å². The molecule has 90 valence electrons. The number of nitrogen functional groups attached to an aromatic ring is 1. The zero-order valence-electron chi connectivity index (χ0n) is 9.85. The quantitative estimate of drug-likeness (QED) is 0.579. The van der Waals surface area contributed by atoms with Crippen LogP contribution in [0.2, 0.25) is 0 Å². The first-order valence-electron chi connectivity index (χ1n) is 5.56. The van der Waals surface area contributed by atoms with Crippen molar-refractivity contribution >= 4 is 11.4 Å². The number of rotatable bonds is 6. The van der Waals surface area contributed by atoms with Gasteiger partial charge in [0.2, 0.25) is 0 Å². The number of anilines is 2. The Labute approximate surface area is 95.8 Å². The van der Waals surface area contributed by atoms with Gasteiger partial charge < -0.3 is 15.8 Å². The topological polar surface area (TPSA) is 47.3 Å². The van der Waals surface area contributed by atoms with E-state index >= 15 is 0 Å². The van der Waals surface area contributed by atoms with E-state index in [0.717, 1.165) is 25.8 Å². The fraction of sp³-hybridized carbons (Fsp3) is 0.500. The maximum absolute atomic E-state index is 13.5. The number of halogens is 1. The van der Waals surface area contributed by atoms with E-state index < -0.39 is 0 Å². The van der Waals surface area contributed by atoms with Crippen LogP contribution in [0.15, 0.2) is 12.1 Å². The average Bonchev–Trinajstić information content (AvgIpc) is 2.27. The van der Waals surface area contributed by atoms with Crippen molar-refractivity contribution in [3.05, 3.63) is 17.9 Å². The van der Waals surface area contributed by atoms with Gasteiger partial charge in [-0.15, -0.1) is 0 Å². The summed E-state index contributed by atoms with van der Waals surface area (Å²) in [6, 6.07) is 2.87. The van der Waals surface area contributed by atoms with Crippen molar-refractivity contribution < 1.29 is 9.13 Å². The fourth-order valence-electron chi connectivity index (χ4n) is 1.48. The van der Waals surface area contributed by atoms with Gasteiger partial charge in [0.1, 0.15) is 11.6 Å². The number of hydrogen-bond acceptors (Lipinski definition) is 3. The van der Waals surface area contributed by atoms with Gasteiger partial charge in [0.05, 0.1) is 18.5 Å². The molecule has 3 nitrogen and oxygen atoms in total. The molecule has 16 heavy (non-hydrogen) atoms. The number of hydrogen-bond donors (Lipinski definition) is 2. The van der Waals surface area contributed by atoms with Crippen LogP contribution in [-0.4, -0.2) is 13.7 Å². The first kappa shape index (κ1) is 12.6. The number of benzene rings is 1. The number of ether oxygens (including phenoxy) is 1. The third-order valence-corrected chi connectivity index (χ3v) is 2.42. The zero-order valence-corrected chi connectivity index (χ0v) is 9.85. The van der Waals surface area contributed by atoms with E-state index in [0.29, 0.717) is 17.1 Å². The van der Waals surface area contributed by atoms with Crippen molar-refractivity contribution in [3.8, 4) is 5.75 Å². The molecule has 3 N–H and O–H groups in total. The molecule has 0 unspecified atom stereocenters. The van der Waals surface area contributed by atoms with Crippen LogP contribution in [0.1, 0.15) is 26.2 Å². The Kier molecular flexibility index (Phi) is 4.89. The smallest absolute Gasteiger partial charge is 0.148 e. The summed E-state index contributed by atoms with van der Waals surface area (Å²) in [7, 11) is 1.52. The predicted octanol–water partition coefficient (Wildman–Crippen LogP) is 3.02. The second kappa shape index (κ2) is 6.20. The lowest BCUT2D eigenvalue weighted by atomic mass is 10.2. The molecule has 0 amide bonds. The molecule has 0 bridgehead atoms. The SMILES string of the molecule is CCCCCNc1cc(OC)c(N)cc1F. The van der Waals surface area contributed by atoms with E-state index in [1.807, 2.05) is 0 Å². The number of unbranched alkanes of at least 4 members (excludes halogenated alkanes) is 2. The van der Waals surface area contributed by atoms with E-state index in [-0.39, 0.29) is 5.82 Å². The Hall–Kier alpha value is -1.45. The van der Waals surface area contributed by atoms with Crippen LogP contribution in [0, 0.1) is 5.82 Å². The minimum absolute atomic E-state index is 0.319. The molecule has 1 rings (SSSR count). The van der Waals surface area contributed by atoms with Crippen molar-refractivity contribution in [2.75, 3.05) is 24.7 Å². The van der Waals surface area contributed by atoms with Crippen LogP contribution in [-0.2, 0) is 0 Å². The second-order valence-electron chi connectivity index (χ2n) is 3.71. The maximum Gasteiger partial charge on any atom is 0.148 e. The van der Waals surface area contributed by atoms with E-state index in [2.05, 4.69) is 12.2 Å². The molecule has 0 aliphatic carbocycles. The molecule has 1 aromatic rings. The lowest BCUT2D eigenvalue weighted by Gasteiger charge is -2.11. The van der Waals surface area contributed by atoms with Crippen LogP contribution in [0.4, 0.5) is 15.8 Å². The number of nitrogens with two attached hydrogens (primary N) is 1. The van der Waals surface area contributed by atoms with E-state index in [4.69, 9.17) is 10.5 Å². The van der Waals surface area contributed by atoms with Gasteiger partial charge in [0.15, 0.2) is 0 Å². The Bertz CT molecular complexity index is 342. The standard InChI is InChI=1S/C12H19FN2O/c1-3-4-5-6-15-11-8-12(16-2)10(14)7-9(11)13/h7-8,15H,3-6,14H2,1-2H3. The van der Waals surface area contributed by atoms with Gasteiger partial charge >= 0.3 is 0 Å². The lowest BCUT2D eigenvalue weighted by Crippen LogP contribution is -2.04. The van der Waals surface area contributed by atoms with Crippen molar-refractivity contribution in [2.45, 2.75) is 26.2 Å². The van der Waals surface area contributed by atoms with Crippen LogP contribution >= 0.6 is 0 Å². The summed E-state index contributed by atoms with van der Waals surface area (Å²) in [6.45, 7) is 2.89. The lowest BCUT2D eigenvalue weighted by molar-refractivity contribution is 0.416. The highest BCUT2D eigenvalue weighted by Crippen LogP contribution is 2.28. The third kappa shape index (κ3) is 3.29. The molecule has 0 aliphatic heterocycles. The molecule has 0 heterocycles. The normalized spacial score (nSPS) is 10.2. The monoisotopic (exact) mass is 226 g/mol. The Morgan fingerprint density at radius 3 is 2.75 bits per heavy atom. The Morgan fingerprint density at radius 1 is 1.38 bits per heavy atom. The van der Waals surface area contributed by atoms with Crippen LogP contribution in [0.25, 0.3) is 0 Å². The summed E-state index contributed by atoms with van der Waals surface area (Å²) < 4.78 is 18.5. The van der Waals surface area contributed by atoms with E-state index in [9.17, 15) is 4.39 Å². The van der Waals surface area contributed by atoms with Crippen molar-refractivity contribution in [1.29, 1.82) is 0 Å². The summed E-state index contributed by atoms with van der Waals surface area (Å²) in [6.07, 6.45) is 3.32. The molecule has 4 heteroatoms. The third-order valence-electron chi connectivity index (χ3n) is 2.42. The fourth-order valence-corrected chi connectivity index (χ4v) is 1.48. The first-order valence-corrected chi connectivity index (χ1v) is 5.56. The van der Waals surface area contributed by atoms with E-state index in [1.165, 1.54) is 13.2 Å². The molecule has 0 atom stereocenters. The molecular weight excluding hydrogens is 207 g/mol. The van der Waals surface area contributed by atoms with Gasteiger partial charge in [-0.2, -0.15) is 0 Å². The largest absolute Gasteiger partial charge is 0.495 e. The molecule has 0 saturated heterocycles. The van der Waals surface area contributed by atoms with Gasteiger partial charge in [0.25, 0.3) is 0 Å². The summed E-state index contributed by atoms with van der Waals surface area (Å²) >= 11 is 0. The van der Waals surface area contributed by atoms with Crippen molar-refractivity contribution in [2.24, 2.45) is 0 Å². The maximum atomic E-state index is 13.5. The summed E-state index contributed by atoms with van der Waals surface area (Å²) in [4.78, 5) is 0. The van der Waals surface area contributed by atoms with Gasteiger partial charge in [-0.25, -0.2) is 4.39 Å². The molecule has 0 saturated carbocycles. The molecule has 0 spiro atoms. The van der Waals surface area contributed by atoms with Gasteiger partial charge in [-0.1, -0.05) is 19.8 Å². The highest BCUT2D eigenvalue weighted by Gasteiger charge is 2.07. The summed E-state index contributed by atoms with van der Waals surface area (Å²) in [5.74, 6) is 0.161. The van der Waals surface area contributed by atoms with E-state index in [1.54, 1.807) is 6.07 Å². The van der Waals surface area contributed by atoms with Crippen LogP contribution in [0.5, 0.6) is 5.75 Å². The zero-order chi connectivity index (χ0) is 12.0. The van der Waals surface area contributed by atoms with Gasteiger partial charge in [0, 0.05) is 18.7 Å². The highest BCUT2D eigenvalue weighted by molar-refractivity contribution is 5.62. The molecule has 0 radical (unpaired) electrons. The first-order chi connectivity index (χ1) is 7.69. The number of nitrogens with one attached hydrogen (secondary N) is 1. The minimum Gasteiger partial charge on any atom is -0.495 e. The number of methoxy groups -OCH3 is 1. The molecule has 0 aromatic heterocycles. The highest BCUT2D eigenvalue weighted by atomic mass is 19.1. The van der Waals surface area contributed by atoms with Crippen molar-refractivity contribution in [1.82, 2.24) is 0 Å². The van der Waals surface area contributed by atoms with Crippen LogP contribution < -0.4 is 15.8 Å². The minimum atomic E-state index is -0.338. The van der Waals surface area contributed by atoms with Gasteiger partial charge in [-0.3, -0.25) is 0 Å². The second-order valence-corrected chi connectivity index (χ2v) is 3.71. The molecule has 0 fully saturated rings. The molecule has 0 aliphatic rings. The Balaban J connectivity index is 2.64. The Morgan fingerprint density at radius 2 is 2.12 bits per heavy atom. The van der Waals surface area contributed by atoms with Gasteiger partial charge in [-0.05, 0) is 6.42 Å². The molecule has 1 aromatic carbocycles. The predicted molar refractivity (Wildman–Crippen MR) is 65.4 cm³/mol.